The van der Waals surface area contributed by atoms with E-state index in [2.05, 4.69) is 10.4 Å². The number of fused-ring (bicyclic) bond motifs is 2. The van der Waals surface area contributed by atoms with E-state index in [0.717, 1.165) is 12.8 Å². The van der Waals surface area contributed by atoms with Crippen LogP contribution in [-0.4, -0.2) is 63.8 Å². The monoisotopic (exact) mass is 456 g/mol. The summed E-state index contributed by atoms with van der Waals surface area (Å²) >= 11 is 0. The molecule has 1 saturated carbocycles. The summed E-state index contributed by atoms with van der Waals surface area (Å²) in [6.45, 7) is 7.14. The highest BCUT2D eigenvalue weighted by molar-refractivity contribution is 5.96. The SMILES string of the molecule is CC(C)C[n+]1c(O)c(C(=O)NC2CC2)c(=O)n2[nH]cc(/C=C/C(=O)N3C[C@H]4COC[C@H]4C3)c21. The topological polar surface area (TPSA) is 120 Å². The number of hydrogen-bond acceptors (Lipinski definition) is 5. The first-order valence-corrected chi connectivity index (χ1v) is 11.6. The summed E-state index contributed by atoms with van der Waals surface area (Å²) in [5, 5.41) is 16.6. The zero-order valence-corrected chi connectivity index (χ0v) is 18.9. The van der Waals surface area contributed by atoms with Crippen molar-refractivity contribution in [1.82, 2.24) is 19.8 Å². The minimum Gasteiger partial charge on any atom is -0.477 e. The standard InChI is InChI=1S/C23H29N5O5/c1-13(2)8-27-21-14(3-6-18(29)26-9-15-11-33-12-16(15)10-26)7-24-28(21)23(32)19(22(27)31)20(30)25-17-4-5-17/h3,6-7,13,15-17H,4-5,8-12H2,1-2H3,(H2,25,30,31,32)/p+1/b6-3+/t15-,16+. The van der Waals surface area contributed by atoms with Crippen molar-refractivity contribution in [2.24, 2.45) is 17.8 Å². The van der Waals surface area contributed by atoms with Gasteiger partial charge in [0.15, 0.2) is 0 Å². The van der Waals surface area contributed by atoms with Crippen LogP contribution in [0.25, 0.3) is 11.7 Å². The number of nitrogens with one attached hydrogen (secondary N) is 2. The fourth-order valence-corrected chi connectivity index (χ4v) is 4.74. The molecule has 33 heavy (non-hydrogen) atoms. The van der Waals surface area contributed by atoms with Crippen LogP contribution in [0.3, 0.4) is 0 Å². The lowest BCUT2D eigenvalue weighted by atomic mass is 10.0. The van der Waals surface area contributed by atoms with Crippen molar-refractivity contribution in [1.29, 1.82) is 0 Å². The van der Waals surface area contributed by atoms with Gasteiger partial charge >= 0.3 is 17.1 Å². The van der Waals surface area contributed by atoms with Crippen molar-refractivity contribution in [3.63, 3.8) is 0 Å². The van der Waals surface area contributed by atoms with E-state index in [1.54, 1.807) is 16.8 Å². The second-order valence-electron chi connectivity index (χ2n) is 9.78. The normalized spacial score (nSPS) is 22.6. The van der Waals surface area contributed by atoms with Crippen LogP contribution < -0.4 is 15.4 Å². The number of amides is 2. The molecule has 10 nitrogen and oxygen atoms in total. The van der Waals surface area contributed by atoms with E-state index < -0.39 is 11.5 Å². The molecule has 3 aliphatic rings. The van der Waals surface area contributed by atoms with Crippen molar-refractivity contribution >= 4 is 23.5 Å². The molecular formula is C23H30N5O5+. The largest absolute Gasteiger partial charge is 0.477 e. The molecule has 0 radical (unpaired) electrons. The second-order valence-corrected chi connectivity index (χ2v) is 9.78. The average molecular weight is 457 g/mol. The van der Waals surface area contributed by atoms with Crippen molar-refractivity contribution < 1.29 is 24.0 Å². The number of likely N-dealkylation sites (tertiary alicyclic amines) is 1. The molecule has 3 N–H and O–H groups in total. The van der Waals surface area contributed by atoms with Gasteiger partial charge in [-0.1, -0.05) is 18.4 Å². The summed E-state index contributed by atoms with van der Waals surface area (Å²) in [4.78, 5) is 40.4. The lowest BCUT2D eigenvalue weighted by molar-refractivity contribution is -0.686. The highest BCUT2D eigenvalue weighted by atomic mass is 16.5. The van der Waals surface area contributed by atoms with Gasteiger partial charge in [0.1, 0.15) is 0 Å². The number of hydrogen-bond donors (Lipinski definition) is 3. The summed E-state index contributed by atoms with van der Waals surface area (Å²) in [7, 11) is 0. The number of aromatic nitrogens is 3. The number of nitrogens with zero attached hydrogens (tertiary/aromatic N) is 3. The van der Waals surface area contributed by atoms with Crippen LogP contribution in [0.15, 0.2) is 17.1 Å². The fourth-order valence-electron chi connectivity index (χ4n) is 4.74. The van der Waals surface area contributed by atoms with E-state index in [4.69, 9.17) is 4.74 Å². The molecule has 2 aromatic heterocycles. The van der Waals surface area contributed by atoms with Gasteiger partial charge < -0.3 is 20.1 Å². The van der Waals surface area contributed by atoms with Crippen LogP contribution in [-0.2, 0) is 16.1 Å². The first-order valence-electron chi connectivity index (χ1n) is 11.6. The maximum atomic E-state index is 13.1. The number of H-pyrrole nitrogens is 1. The number of ether oxygens (including phenoxy) is 1. The molecule has 10 heteroatoms. The van der Waals surface area contributed by atoms with E-state index in [0.29, 0.717) is 55.9 Å². The Labute approximate surface area is 190 Å². The van der Waals surface area contributed by atoms with E-state index in [1.807, 2.05) is 18.7 Å². The van der Waals surface area contributed by atoms with Gasteiger partial charge in [-0.15, -0.1) is 0 Å². The van der Waals surface area contributed by atoms with Crippen LogP contribution in [0, 0.1) is 17.8 Å². The third-order valence-corrected chi connectivity index (χ3v) is 6.62. The predicted molar refractivity (Wildman–Crippen MR) is 119 cm³/mol. The molecule has 2 aromatic rings. The average Bonchev–Trinajstić information content (AvgIpc) is 3.13. The predicted octanol–water partition coefficient (Wildman–Crippen LogP) is 0.287. The molecule has 4 heterocycles. The highest BCUT2D eigenvalue weighted by Gasteiger charge is 2.38. The fraction of sp³-hybridized carbons (Fsp3) is 0.565. The molecule has 176 valence electrons. The molecule has 0 bridgehead atoms. The Hall–Kier alpha value is -3.14. The minimum atomic E-state index is -0.626. The molecule has 1 aliphatic carbocycles. The van der Waals surface area contributed by atoms with E-state index in [1.165, 1.54) is 10.6 Å². The van der Waals surface area contributed by atoms with Gasteiger partial charge in [-0.3, -0.25) is 9.59 Å². The van der Waals surface area contributed by atoms with Crippen molar-refractivity contribution in [3.8, 4) is 5.88 Å². The molecule has 5 rings (SSSR count). The summed E-state index contributed by atoms with van der Waals surface area (Å²) < 4.78 is 8.29. The number of aromatic hydroxyl groups is 1. The number of carbonyl (C=O) groups is 2. The maximum Gasteiger partial charge on any atom is 0.378 e. The second kappa shape index (κ2) is 8.33. The lowest BCUT2D eigenvalue weighted by Crippen LogP contribution is -2.46. The Morgan fingerprint density at radius 1 is 1.30 bits per heavy atom. The van der Waals surface area contributed by atoms with Crippen molar-refractivity contribution in [2.75, 3.05) is 26.3 Å². The first kappa shape index (κ1) is 21.7. The van der Waals surface area contributed by atoms with Crippen LogP contribution >= 0.6 is 0 Å². The Morgan fingerprint density at radius 3 is 2.64 bits per heavy atom. The Bertz CT molecular complexity index is 1180. The van der Waals surface area contributed by atoms with Crippen LogP contribution in [0.5, 0.6) is 5.88 Å². The molecule has 0 aromatic carbocycles. The molecule has 0 spiro atoms. The Morgan fingerprint density at radius 2 is 2.00 bits per heavy atom. The van der Waals surface area contributed by atoms with Crippen LogP contribution in [0.2, 0.25) is 0 Å². The van der Waals surface area contributed by atoms with Crippen LogP contribution in [0.1, 0.15) is 42.6 Å². The van der Waals surface area contributed by atoms with Crippen LogP contribution in [0.4, 0.5) is 0 Å². The maximum absolute atomic E-state index is 13.1. The Kier molecular flexibility index (Phi) is 5.48. The molecule has 2 aliphatic heterocycles. The van der Waals surface area contributed by atoms with Gasteiger partial charge in [-0.25, -0.2) is 9.89 Å². The zero-order chi connectivity index (χ0) is 23.3. The van der Waals surface area contributed by atoms with Gasteiger partial charge in [0, 0.05) is 37.0 Å². The number of carbonyl (C=O) groups excluding carboxylic acids is 2. The zero-order valence-electron chi connectivity index (χ0n) is 18.9. The molecule has 0 unspecified atom stereocenters. The van der Waals surface area contributed by atoms with Gasteiger partial charge in [-0.05, 0) is 24.8 Å². The van der Waals surface area contributed by atoms with Crippen molar-refractivity contribution in [3.05, 3.63) is 33.8 Å². The molecule has 2 saturated heterocycles. The van der Waals surface area contributed by atoms with Gasteiger partial charge in [-0.2, -0.15) is 4.57 Å². The van der Waals surface area contributed by atoms with Gasteiger partial charge in [0.2, 0.25) is 11.5 Å². The van der Waals surface area contributed by atoms with Gasteiger partial charge in [0.25, 0.3) is 5.91 Å². The quantitative estimate of drug-likeness (QED) is 0.426. The van der Waals surface area contributed by atoms with E-state index in [-0.39, 0.29) is 29.3 Å². The number of rotatable bonds is 6. The lowest BCUT2D eigenvalue weighted by Gasteiger charge is -2.14. The van der Waals surface area contributed by atoms with Crippen molar-refractivity contribution in [2.45, 2.75) is 39.3 Å². The van der Waals surface area contributed by atoms with E-state index in [9.17, 15) is 19.5 Å². The smallest absolute Gasteiger partial charge is 0.378 e. The van der Waals surface area contributed by atoms with Gasteiger partial charge in [0.05, 0.1) is 31.5 Å². The molecule has 2 amide bonds. The third-order valence-electron chi connectivity index (χ3n) is 6.62. The summed E-state index contributed by atoms with van der Waals surface area (Å²) in [6.07, 6.45) is 6.50. The Balaban J connectivity index is 1.49. The van der Waals surface area contributed by atoms with E-state index >= 15 is 0 Å². The molecule has 3 fully saturated rings. The molecular weight excluding hydrogens is 426 g/mol. The highest BCUT2D eigenvalue weighted by Crippen LogP contribution is 2.29. The summed E-state index contributed by atoms with van der Waals surface area (Å²) in [6, 6.07) is 0.0559. The molecule has 2 atom stereocenters. The summed E-state index contributed by atoms with van der Waals surface area (Å²) in [5.41, 5.74) is 0.0801. The third kappa shape index (κ3) is 4.03. The summed E-state index contributed by atoms with van der Waals surface area (Å²) in [5.74, 6) is -0.0804. The minimum absolute atomic E-state index is 0.0559. The first-order chi connectivity index (χ1) is 15.8. The number of aromatic amines is 1.